The Labute approximate surface area is 180 Å². The number of nitrogens with two attached hydrogens (primary N) is 1. The summed E-state index contributed by atoms with van der Waals surface area (Å²) >= 11 is 0. The third kappa shape index (κ3) is 4.34. The van der Waals surface area contributed by atoms with Gasteiger partial charge in [0.05, 0.1) is 24.3 Å². The summed E-state index contributed by atoms with van der Waals surface area (Å²) in [5, 5.41) is 7.39. The van der Waals surface area contributed by atoms with E-state index in [2.05, 4.69) is 0 Å². The van der Waals surface area contributed by atoms with Crippen molar-refractivity contribution >= 4 is 23.8 Å². The first-order valence-corrected chi connectivity index (χ1v) is 10.2. The van der Waals surface area contributed by atoms with Crippen LogP contribution in [0.3, 0.4) is 0 Å². The molecule has 1 aliphatic heterocycles. The highest BCUT2D eigenvalue weighted by atomic mass is 16.6. The number of hydrogen-bond acceptors (Lipinski definition) is 6. The maximum absolute atomic E-state index is 13.3. The number of benzene rings is 2. The molecule has 3 N–H and O–H groups in total. The van der Waals surface area contributed by atoms with Crippen molar-refractivity contribution in [1.82, 2.24) is 0 Å². The molecule has 0 spiro atoms. The lowest BCUT2D eigenvalue weighted by Crippen LogP contribution is -2.59. The number of ether oxygens (including phenoxy) is 2. The van der Waals surface area contributed by atoms with Crippen molar-refractivity contribution in [2.45, 2.75) is 32.7 Å². The third-order valence-electron chi connectivity index (χ3n) is 5.58. The smallest absolute Gasteiger partial charge is 0.423 e. The van der Waals surface area contributed by atoms with E-state index in [0.717, 1.165) is 12.8 Å². The minimum absolute atomic E-state index is 0.0753. The Balaban J connectivity index is 1.76. The highest BCUT2D eigenvalue weighted by Crippen LogP contribution is 2.31. The second-order valence-electron chi connectivity index (χ2n) is 7.49. The number of amides is 2. The summed E-state index contributed by atoms with van der Waals surface area (Å²) in [6, 6.07) is 12.2. The van der Waals surface area contributed by atoms with Crippen molar-refractivity contribution in [3.05, 3.63) is 65.2 Å². The van der Waals surface area contributed by atoms with E-state index in [4.69, 9.17) is 20.6 Å². The fourth-order valence-electron chi connectivity index (χ4n) is 3.82. The van der Waals surface area contributed by atoms with Gasteiger partial charge in [-0.15, -0.1) is 0 Å². The van der Waals surface area contributed by atoms with E-state index in [9.17, 15) is 14.4 Å². The molecule has 3 rings (SSSR count). The van der Waals surface area contributed by atoms with E-state index in [0.29, 0.717) is 23.4 Å². The standard InChI is InChI=1S/C23H26N3O5/c1-3-30-23(29)26(14-4-5-15(26)2)21(27)17-6-8-18(9-7-17)22(28)31-19-12-10-16(11-13-19)20(24)25/h6-13,15H,3-5,14H2,1-2H3,(H3,24,25)/q+1/t15-,26?/m1/s1. The van der Waals surface area contributed by atoms with Crippen molar-refractivity contribution in [2.75, 3.05) is 13.2 Å². The van der Waals surface area contributed by atoms with Gasteiger partial charge < -0.3 is 15.2 Å². The second-order valence-corrected chi connectivity index (χ2v) is 7.49. The van der Waals surface area contributed by atoms with Crippen LogP contribution in [-0.4, -0.2) is 47.5 Å². The average molecular weight is 424 g/mol. The normalized spacial score (nSPS) is 20.1. The van der Waals surface area contributed by atoms with Gasteiger partial charge in [-0.05, 0) is 62.4 Å². The quantitative estimate of drug-likeness (QED) is 0.249. The summed E-state index contributed by atoms with van der Waals surface area (Å²) in [6.45, 7) is 4.20. The van der Waals surface area contributed by atoms with Gasteiger partial charge in [-0.1, -0.05) is 0 Å². The van der Waals surface area contributed by atoms with Crippen molar-refractivity contribution in [3.63, 3.8) is 0 Å². The van der Waals surface area contributed by atoms with Crippen molar-refractivity contribution in [1.29, 1.82) is 5.41 Å². The molecule has 1 fully saturated rings. The van der Waals surface area contributed by atoms with Crippen LogP contribution in [0.2, 0.25) is 0 Å². The van der Waals surface area contributed by atoms with Crippen molar-refractivity contribution < 1.29 is 28.3 Å². The maximum Gasteiger partial charge on any atom is 0.524 e. The van der Waals surface area contributed by atoms with E-state index in [1.807, 2.05) is 6.92 Å². The summed E-state index contributed by atoms with van der Waals surface area (Å²) in [4.78, 5) is 38.4. The molecule has 0 bridgehead atoms. The zero-order chi connectivity index (χ0) is 22.6. The molecule has 31 heavy (non-hydrogen) atoms. The number of likely N-dealkylation sites (tertiary alicyclic amines) is 1. The van der Waals surface area contributed by atoms with Gasteiger partial charge in [0.2, 0.25) is 0 Å². The fraction of sp³-hybridized carbons (Fsp3) is 0.304. The Morgan fingerprint density at radius 1 is 1.03 bits per heavy atom. The Kier molecular flexibility index (Phi) is 6.50. The van der Waals surface area contributed by atoms with Crippen molar-refractivity contribution in [2.24, 2.45) is 5.73 Å². The molecular formula is C23H26N3O5+. The van der Waals surface area contributed by atoms with Gasteiger partial charge in [-0.2, -0.15) is 9.28 Å². The zero-order valence-corrected chi connectivity index (χ0v) is 17.6. The van der Waals surface area contributed by atoms with Gasteiger partial charge >= 0.3 is 18.0 Å². The van der Waals surface area contributed by atoms with E-state index in [-0.39, 0.29) is 34.4 Å². The minimum atomic E-state index is -0.585. The van der Waals surface area contributed by atoms with Crippen LogP contribution in [-0.2, 0) is 4.74 Å². The summed E-state index contributed by atoms with van der Waals surface area (Å²) in [5.74, 6) is -0.678. The van der Waals surface area contributed by atoms with Crippen LogP contribution >= 0.6 is 0 Å². The fourth-order valence-corrected chi connectivity index (χ4v) is 3.82. The number of imide groups is 1. The molecule has 1 heterocycles. The molecule has 0 aliphatic carbocycles. The topological polar surface area (TPSA) is 120 Å². The number of quaternary nitrogens is 1. The van der Waals surface area contributed by atoms with Gasteiger partial charge in [0.15, 0.2) is 0 Å². The third-order valence-corrected chi connectivity index (χ3v) is 5.58. The number of nitrogen functional groups attached to an aromatic ring is 1. The number of nitrogens with one attached hydrogen (secondary N) is 1. The predicted octanol–water partition coefficient (Wildman–Crippen LogP) is 3.49. The second kappa shape index (κ2) is 9.09. The van der Waals surface area contributed by atoms with Crippen LogP contribution in [0.15, 0.2) is 48.5 Å². The van der Waals surface area contributed by atoms with E-state index in [1.165, 1.54) is 24.3 Å². The first-order valence-electron chi connectivity index (χ1n) is 10.2. The molecule has 8 heteroatoms. The molecule has 2 amide bonds. The van der Waals surface area contributed by atoms with Crippen LogP contribution in [0.5, 0.6) is 5.75 Å². The van der Waals surface area contributed by atoms with E-state index >= 15 is 0 Å². The van der Waals surface area contributed by atoms with Crippen LogP contribution in [0.1, 0.15) is 53.0 Å². The van der Waals surface area contributed by atoms with Gasteiger partial charge in [0.25, 0.3) is 0 Å². The first-order chi connectivity index (χ1) is 14.8. The Hall–Kier alpha value is -3.52. The largest absolute Gasteiger partial charge is 0.524 e. The van der Waals surface area contributed by atoms with Gasteiger partial charge in [0.1, 0.15) is 17.6 Å². The monoisotopic (exact) mass is 424 g/mol. The number of carbonyl (C=O) groups excluding carboxylic acids is 3. The lowest BCUT2D eigenvalue weighted by atomic mass is 10.1. The molecule has 0 aromatic heterocycles. The summed E-state index contributed by atoms with van der Waals surface area (Å²) in [5.41, 5.74) is 6.54. The highest BCUT2D eigenvalue weighted by Gasteiger charge is 2.54. The van der Waals surface area contributed by atoms with Gasteiger partial charge in [0, 0.05) is 18.4 Å². The summed E-state index contributed by atoms with van der Waals surface area (Å²) < 4.78 is 10.2. The summed E-state index contributed by atoms with van der Waals surface area (Å²) in [7, 11) is 0. The number of carbonyl (C=O) groups is 3. The number of rotatable bonds is 5. The first kappa shape index (κ1) is 22.2. The van der Waals surface area contributed by atoms with Crippen LogP contribution in [0, 0.1) is 5.41 Å². The molecule has 1 saturated heterocycles. The predicted molar refractivity (Wildman–Crippen MR) is 114 cm³/mol. The Morgan fingerprint density at radius 3 is 2.13 bits per heavy atom. The lowest BCUT2D eigenvalue weighted by molar-refractivity contribution is -0.786. The zero-order valence-electron chi connectivity index (χ0n) is 17.6. The molecular weight excluding hydrogens is 398 g/mol. The van der Waals surface area contributed by atoms with Crippen LogP contribution in [0.4, 0.5) is 4.79 Å². The summed E-state index contributed by atoms with van der Waals surface area (Å²) in [6.07, 6.45) is 0.991. The number of nitrogens with zero attached hydrogens (tertiary/aromatic N) is 1. The molecule has 2 aromatic carbocycles. The van der Waals surface area contributed by atoms with Crippen LogP contribution < -0.4 is 10.5 Å². The average Bonchev–Trinajstić information content (AvgIpc) is 3.16. The molecule has 1 aliphatic rings. The number of hydrogen-bond donors (Lipinski definition) is 2. The molecule has 162 valence electrons. The van der Waals surface area contributed by atoms with E-state index in [1.54, 1.807) is 31.2 Å². The Morgan fingerprint density at radius 2 is 1.61 bits per heavy atom. The molecule has 0 radical (unpaired) electrons. The molecule has 0 saturated carbocycles. The lowest BCUT2D eigenvalue weighted by Gasteiger charge is -2.31. The SMILES string of the molecule is CCOC(=O)[N+]1(C(=O)c2ccc(C(=O)Oc3ccc(C(=N)N)cc3)cc2)CCC[C@H]1C. The molecule has 1 unspecified atom stereocenters. The highest BCUT2D eigenvalue weighted by molar-refractivity contribution is 5.97. The Bertz CT molecular complexity index is 1000. The molecule has 2 atom stereocenters. The van der Waals surface area contributed by atoms with E-state index < -0.39 is 12.1 Å². The minimum Gasteiger partial charge on any atom is -0.423 e. The molecule has 8 nitrogen and oxygen atoms in total. The number of esters is 1. The maximum atomic E-state index is 13.3. The molecule has 2 aromatic rings. The van der Waals surface area contributed by atoms with Crippen molar-refractivity contribution in [3.8, 4) is 5.75 Å². The number of amidine groups is 1. The van der Waals surface area contributed by atoms with Gasteiger partial charge in [-0.3, -0.25) is 5.41 Å². The van der Waals surface area contributed by atoms with Gasteiger partial charge in [-0.25, -0.2) is 9.59 Å². The van der Waals surface area contributed by atoms with Crippen LogP contribution in [0.25, 0.3) is 0 Å².